The zero-order valence-electron chi connectivity index (χ0n) is 14.8. The van der Waals surface area contributed by atoms with Gasteiger partial charge in [0.15, 0.2) is 0 Å². The number of halogens is 4. The Labute approximate surface area is 183 Å². The molecule has 0 aliphatic rings. The van der Waals surface area contributed by atoms with Gasteiger partial charge in [-0.15, -0.1) is 0 Å². The van der Waals surface area contributed by atoms with Crippen molar-refractivity contribution >= 4 is 46.4 Å². The highest BCUT2D eigenvalue weighted by Crippen LogP contribution is 2.34. The van der Waals surface area contributed by atoms with E-state index in [1.807, 2.05) is 54.1 Å². The van der Waals surface area contributed by atoms with Crippen LogP contribution in [0.3, 0.4) is 0 Å². The van der Waals surface area contributed by atoms with E-state index in [4.69, 9.17) is 51.5 Å². The van der Waals surface area contributed by atoms with Gasteiger partial charge in [-0.3, -0.25) is 0 Å². The molecule has 0 atom stereocenters. The smallest absolute Gasteiger partial charge is 0.0934 e. The molecule has 0 unspecified atom stereocenters. The van der Waals surface area contributed by atoms with Crippen molar-refractivity contribution < 1.29 is 0 Å². The Morgan fingerprint density at radius 2 is 1.21 bits per heavy atom. The first kappa shape index (κ1) is 19.4. The molecule has 0 aliphatic heterocycles. The maximum atomic E-state index is 6.25. The van der Waals surface area contributed by atoms with Gasteiger partial charge in [0.2, 0.25) is 0 Å². The lowest BCUT2D eigenvalue weighted by Gasteiger charge is -2.09. The lowest BCUT2D eigenvalue weighted by Crippen LogP contribution is -1.99. The highest BCUT2D eigenvalue weighted by atomic mass is 35.5. The molecule has 0 spiro atoms. The number of aryl methyl sites for hydroxylation is 1. The van der Waals surface area contributed by atoms with Crippen LogP contribution in [0.2, 0.25) is 20.1 Å². The molecule has 0 radical (unpaired) electrons. The summed E-state index contributed by atoms with van der Waals surface area (Å²) in [6.45, 7) is 2.05. The third-order valence-electron chi connectivity index (χ3n) is 4.42. The molecule has 0 bridgehead atoms. The van der Waals surface area contributed by atoms with Crippen molar-refractivity contribution in [3.63, 3.8) is 0 Å². The van der Waals surface area contributed by atoms with Gasteiger partial charge in [-0.2, -0.15) is 5.10 Å². The standard InChI is InChI=1S/C22H14Cl4N2/c1-13-2-6-16(7-3-13)28-22(15-5-9-18(24)20(26)11-15)12-21(27-28)14-4-8-17(23)19(25)10-14/h2-12H,1H3. The number of rotatable bonds is 3. The molecule has 140 valence electrons. The Morgan fingerprint density at radius 1 is 0.643 bits per heavy atom. The van der Waals surface area contributed by atoms with Crippen LogP contribution in [0.1, 0.15) is 5.56 Å². The van der Waals surface area contributed by atoms with Gasteiger partial charge in [-0.25, -0.2) is 4.68 Å². The summed E-state index contributed by atoms with van der Waals surface area (Å²) in [5.74, 6) is 0. The van der Waals surface area contributed by atoms with E-state index in [0.29, 0.717) is 20.1 Å². The highest BCUT2D eigenvalue weighted by Gasteiger charge is 2.15. The molecule has 0 saturated carbocycles. The van der Waals surface area contributed by atoms with E-state index in [1.54, 1.807) is 12.1 Å². The normalized spacial score (nSPS) is 11.0. The van der Waals surface area contributed by atoms with Gasteiger partial charge in [0, 0.05) is 11.1 Å². The van der Waals surface area contributed by atoms with Crippen LogP contribution in [0.25, 0.3) is 28.2 Å². The van der Waals surface area contributed by atoms with Crippen LogP contribution in [-0.4, -0.2) is 9.78 Å². The van der Waals surface area contributed by atoms with Gasteiger partial charge in [-0.1, -0.05) is 76.2 Å². The summed E-state index contributed by atoms with van der Waals surface area (Å²) >= 11 is 24.6. The molecule has 0 amide bonds. The molecule has 1 heterocycles. The molecule has 0 aliphatic carbocycles. The third-order valence-corrected chi connectivity index (χ3v) is 5.90. The van der Waals surface area contributed by atoms with Crippen molar-refractivity contribution in [1.29, 1.82) is 0 Å². The molecule has 0 saturated heterocycles. The molecule has 0 N–H and O–H groups in total. The number of hydrogen-bond donors (Lipinski definition) is 0. The predicted molar refractivity (Wildman–Crippen MR) is 119 cm³/mol. The zero-order chi connectivity index (χ0) is 19.8. The van der Waals surface area contributed by atoms with Crippen LogP contribution in [0.5, 0.6) is 0 Å². The van der Waals surface area contributed by atoms with Gasteiger partial charge in [0.1, 0.15) is 0 Å². The first-order valence-corrected chi connectivity index (χ1v) is 10.0. The Balaban J connectivity index is 1.91. The topological polar surface area (TPSA) is 17.8 Å². The second kappa shape index (κ2) is 7.81. The van der Waals surface area contributed by atoms with E-state index < -0.39 is 0 Å². The number of hydrogen-bond acceptors (Lipinski definition) is 1. The van der Waals surface area contributed by atoms with E-state index in [9.17, 15) is 0 Å². The average Bonchev–Trinajstić information content (AvgIpc) is 3.12. The summed E-state index contributed by atoms with van der Waals surface area (Å²) in [6, 6.07) is 21.2. The second-order valence-corrected chi connectivity index (χ2v) is 8.05. The van der Waals surface area contributed by atoms with Crippen molar-refractivity contribution in [3.05, 3.63) is 92.4 Å². The Bertz CT molecular complexity index is 1160. The van der Waals surface area contributed by atoms with Crippen molar-refractivity contribution in [1.82, 2.24) is 9.78 Å². The van der Waals surface area contributed by atoms with Gasteiger partial charge in [-0.05, 0) is 49.4 Å². The van der Waals surface area contributed by atoms with Crippen LogP contribution < -0.4 is 0 Å². The van der Waals surface area contributed by atoms with E-state index in [2.05, 4.69) is 12.1 Å². The van der Waals surface area contributed by atoms with E-state index in [0.717, 1.165) is 28.2 Å². The second-order valence-electron chi connectivity index (χ2n) is 6.42. The number of nitrogens with zero attached hydrogens (tertiary/aromatic N) is 2. The molecule has 3 aromatic carbocycles. The van der Waals surface area contributed by atoms with Crippen molar-refractivity contribution in [2.45, 2.75) is 6.92 Å². The van der Waals surface area contributed by atoms with Gasteiger partial charge in [0.25, 0.3) is 0 Å². The van der Waals surface area contributed by atoms with Gasteiger partial charge < -0.3 is 0 Å². The quantitative estimate of drug-likeness (QED) is 0.310. The van der Waals surface area contributed by atoms with Crippen LogP contribution in [-0.2, 0) is 0 Å². The van der Waals surface area contributed by atoms with E-state index >= 15 is 0 Å². The molecular formula is C22H14Cl4N2. The average molecular weight is 448 g/mol. The Hall–Kier alpha value is -1.97. The molecule has 1 aromatic heterocycles. The zero-order valence-corrected chi connectivity index (χ0v) is 17.8. The van der Waals surface area contributed by atoms with Gasteiger partial charge in [0.05, 0.1) is 37.2 Å². The Kier molecular flexibility index (Phi) is 5.39. The SMILES string of the molecule is Cc1ccc(-n2nc(-c3ccc(Cl)c(Cl)c3)cc2-c2ccc(Cl)c(Cl)c2)cc1. The largest absolute Gasteiger partial charge is 0.232 e. The van der Waals surface area contributed by atoms with Crippen LogP contribution in [0.4, 0.5) is 0 Å². The maximum Gasteiger partial charge on any atom is 0.0934 e. The fourth-order valence-electron chi connectivity index (χ4n) is 2.92. The number of benzene rings is 3. The molecule has 4 aromatic rings. The summed E-state index contributed by atoms with van der Waals surface area (Å²) in [5.41, 5.74) is 5.58. The summed E-state index contributed by atoms with van der Waals surface area (Å²) in [7, 11) is 0. The minimum absolute atomic E-state index is 0.486. The molecule has 4 rings (SSSR count). The summed E-state index contributed by atoms with van der Waals surface area (Å²) in [6.07, 6.45) is 0. The van der Waals surface area contributed by atoms with E-state index in [1.165, 1.54) is 5.56 Å². The van der Waals surface area contributed by atoms with Crippen LogP contribution >= 0.6 is 46.4 Å². The Morgan fingerprint density at radius 3 is 1.82 bits per heavy atom. The third kappa shape index (κ3) is 3.78. The summed E-state index contributed by atoms with van der Waals surface area (Å²) < 4.78 is 1.89. The van der Waals surface area contributed by atoms with Crippen molar-refractivity contribution in [3.8, 4) is 28.2 Å². The molecule has 6 heteroatoms. The molecular weight excluding hydrogens is 434 g/mol. The molecule has 2 nitrogen and oxygen atoms in total. The predicted octanol–water partition coefficient (Wildman–Crippen LogP) is 8.13. The van der Waals surface area contributed by atoms with Gasteiger partial charge >= 0.3 is 0 Å². The molecule has 0 fully saturated rings. The number of aromatic nitrogens is 2. The maximum absolute atomic E-state index is 6.25. The lowest BCUT2D eigenvalue weighted by molar-refractivity contribution is 0.891. The monoisotopic (exact) mass is 446 g/mol. The summed E-state index contributed by atoms with van der Waals surface area (Å²) in [5, 5.41) is 6.82. The fourth-order valence-corrected chi connectivity index (χ4v) is 3.52. The van der Waals surface area contributed by atoms with Crippen molar-refractivity contribution in [2.24, 2.45) is 0 Å². The minimum atomic E-state index is 0.486. The highest BCUT2D eigenvalue weighted by molar-refractivity contribution is 6.42. The molecule has 28 heavy (non-hydrogen) atoms. The lowest BCUT2D eigenvalue weighted by atomic mass is 10.1. The van der Waals surface area contributed by atoms with E-state index in [-0.39, 0.29) is 0 Å². The summed E-state index contributed by atoms with van der Waals surface area (Å²) in [4.78, 5) is 0. The minimum Gasteiger partial charge on any atom is -0.232 e. The first-order valence-electron chi connectivity index (χ1n) is 8.50. The fraction of sp³-hybridized carbons (Fsp3) is 0.0455. The van der Waals surface area contributed by atoms with Crippen molar-refractivity contribution in [2.75, 3.05) is 0 Å². The first-order chi connectivity index (χ1) is 13.4. The van der Waals surface area contributed by atoms with Crippen LogP contribution in [0.15, 0.2) is 66.7 Å². The van der Waals surface area contributed by atoms with Crippen LogP contribution in [0, 0.1) is 6.92 Å².